The number of hydrogen-bond acceptors (Lipinski definition) is 3. The van der Waals surface area contributed by atoms with E-state index in [0.29, 0.717) is 0 Å². The first-order valence-corrected chi connectivity index (χ1v) is 8.66. The monoisotopic (exact) mass is 279 g/mol. The fraction of sp³-hybridized carbons (Fsp3) is 0.882. The van der Waals surface area contributed by atoms with Gasteiger partial charge in [-0.2, -0.15) is 0 Å². The fourth-order valence-electron chi connectivity index (χ4n) is 3.32. The quantitative estimate of drug-likeness (QED) is 0.760. The Hall–Kier alpha value is -0.380. The van der Waals surface area contributed by atoms with E-state index < -0.39 is 0 Å². The van der Waals surface area contributed by atoms with Crippen LogP contribution in [0, 0.1) is 5.92 Å². The first-order chi connectivity index (χ1) is 9.84. The van der Waals surface area contributed by atoms with Crippen molar-refractivity contribution in [3.8, 4) is 0 Å². The highest BCUT2D eigenvalue weighted by Gasteiger charge is 2.13. The van der Waals surface area contributed by atoms with E-state index in [1.54, 1.807) is 5.57 Å². The van der Waals surface area contributed by atoms with Crippen LogP contribution in [0.1, 0.15) is 45.4 Å². The van der Waals surface area contributed by atoms with Crippen molar-refractivity contribution >= 4 is 0 Å². The summed E-state index contributed by atoms with van der Waals surface area (Å²) in [5.74, 6) is 0.756. The molecule has 0 aromatic carbocycles. The Labute approximate surface area is 125 Å². The van der Waals surface area contributed by atoms with Crippen molar-refractivity contribution in [2.45, 2.75) is 45.4 Å². The number of nitrogens with zero attached hydrogens (tertiary/aromatic N) is 1. The molecule has 1 heterocycles. The molecule has 2 rings (SSSR count). The molecule has 3 nitrogen and oxygen atoms in total. The summed E-state index contributed by atoms with van der Waals surface area (Å²) in [7, 11) is 0. The Morgan fingerprint density at radius 1 is 1.10 bits per heavy atom. The van der Waals surface area contributed by atoms with Gasteiger partial charge in [-0.15, -0.1) is 0 Å². The van der Waals surface area contributed by atoms with E-state index in [4.69, 9.17) is 0 Å². The minimum Gasteiger partial charge on any atom is -0.317 e. The highest BCUT2D eigenvalue weighted by atomic mass is 15.1. The molecule has 20 heavy (non-hydrogen) atoms. The average Bonchev–Trinajstić information content (AvgIpc) is 2.45. The molecule has 0 aromatic rings. The molecule has 0 aromatic heterocycles. The Morgan fingerprint density at radius 2 is 1.95 bits per heavy atom. The topological polar surface area (TPSA) is 27.3 Å². The maximum absolute atomic E-state index is 3.60. The zero-order valence-electron chi connectivity index (χ0n) is 13.3. The van der Waals surface area contributed by atoms with E-state index in [0.717, 1.165) is 25.6 Å². The van der Waals surface area contributed by atoms with Gasteiger partial charge in [-0.05, 0) is 77.2 Å². The van der Waals surface area contributed by atoms with E-state index in [9.17, 15) is 0 Å². The number of hydrogen-bond donors (Lipinski definition) is 2. The standard InChI is InChI=1S/C17H33N3/c1-16-13-19-10-5-9-18-11-6-12-20(14-16)15-17-7-3-2-4-8-17/h7,16,18-19H,2-6,8-15H2,1H3. The van der Waals surface area contributed by atoms with Crippen molar-refractivity contribution in [2.24, 2.45) is 5.92 Å². The summed E-state index contributed by atoms with van der Waals surface area (Å²) in [5.41, 5.74) is 1.69. The number of allylic oxidation sites excluding steroid dienone is 1. The van der Waals surface area contributed by atoms with Gasteiger partial charge in [0, 0.05) is 13.1 Å². The lowest BCUT2D eigenvalue weighted by Crippen LogP contribution is -2.38. The molecule has 1 saturated heterocycles. The van der Waals surface area contributed by atoms with Gasteiger partial charge in [0.25, 0.3) is 0 Å². The first-order valence-electron chi connectivity index (χ1n) is 8.66. The van der Waals surface area contributed by atoms with Crippen LogP contribution in [0.3, 0.4) is 0 Å². The van der Waals surface area contributed by atoms with Crippen LogP contribution in [0.2, 0.25) is 0 Å². The Balaban J connectivity index is 1.83. The molecule has 1 aliphatic heterocycles. The van der Waals surface area contributed by atoms with E-state index in [2.05, 4.69) is 28.5 Å². The van der Waals surface area contributed by atoms with Crippen molar-refractivity contribution in [1.82, 2.24) is 15.5 Å². The maximum atomic E-state index is 3.60. The highest BCUT2D eigenvalue weighted by molar-refractivity contribution is 5.07. The van der Waals surface area contributed by atoms with E-state index in [1.807, 2.05) is 0 Å². The second-order valence-electron chi connectivity index (χ2n) is 6.61. The lowest BCUT2D eigenvalue weighted by molar-refractivity contribution is 0.243. The zero-order valence-corrected chi connectivity index (χ0v) is 13.3. The SMILES string of the molecule is CC1CNCCCNCCCN(CC2=CCCCC2)C1. The molecule has 0 spiro atoms. The third-order valence-electron chi connectivity index (χ3n) is 4.41. The van der Waals surface area contributed by atoms with Crippen LogP contribution in [0.4, 0.5) is 0 Å². The van der Waals surface area contributed by atoms with Crippen LogP contribution >= 0.6 is 0 Å². The lowest BCUT2D eigenvalue weighted by Gasteiger charge is -2.28. The van der Waals surface area contributed by atoms with Gasteiger partial charge in [-0.3, -0.25) is 4.90 Å². The van der Waals surface area contributed by atoms with E-state index >= 15 is 0 Å². The average molecular weight is 279 g/mol. The summed E-state index contributed by atoms with van der Waals surface area (Å²) in [6, 6.07) is 0. The minimum atomic E-state index is 0.756. The molecule has 1 atom stereocenters. The van der Waals surface area contributed by atoms with Gasteiger partial charge in [0.1, 0.15) is 0 Å². The maximum Gasteiger partial charge on any atom is 0.0192 e. The van der Waals surface area contributed by atoms with Crippen LogP contribution in [-0.4, -0.2) is 50.7 Å². The van der Waals surface area contributed by atoms with Crippen LogP contribution in [0.15, 0.2) is 11.6 Å². The summed E-state index contributed by atoms with van der Waals surface area (Å²) in [6.07, 6.45) is 10.5. The molecule has 1 aliphatic carbocycles. The van der Waals surface area contributed by atoms with Crippen molar-refractivity contribution in [3.05, 3.63) is 11.6 Å². The van der Waals surface area contributed by atoms with Crippen LogP contribution in [0.5, 0.6) is 0 Å². The molecule has 0 radical (unpaired) electrons. The van der Waals surface area contributed by atoms with Gasteiger partial charge in [-0.25, -0.2) is 0 Å². The van der Waals surface area contributed by atoms with Crippen molar-refractivity contribution < 1.29 is 0 Å². The number of nitrogens with one attached hydrogen (secondary N) is 2. The Bertz CT molecular complexity index is 288. The molecule has 0 amide bonds. The molecular formula is C17H33N3. The third kappa shape index (κ3) is 6.38. The minimum absolute atomic E-state index is 0.756. The largest absolute Gasteiger partial charge is 0.317 e. The summed E-state index contributed by atoms with van der Waals surface area (Å²) in [4.78, 5) is 2.69. The van der Waals surface area contributed by atoms with Gasteiger partial charge in [-0.1, -0.05) is 18.6 Å². The second-order valence-corrected chi connectivity index (χ2v) is 6.61. The molecule has 116 valence electrons. The summed E-state index contributed by atoms with van der Waals surface area (Å²) in [5, 5.41) is 7.15. The molecular weight excluding hydrogens is 246 g/mol. The predicted molar refractivity (Wildman–Crippen MR) is 87.1 cm³/mol. The van der Waals surface area contributed by atoms with Gasteiger partial charge < -0.3 is 10.6 Å². The molecule has 1 unspecified atom stereocenters. The Morgan fingerprint density at radius 3 is 2.80 bits per heavy atom. The van der Waals surface area contributed by atoms with Gasteiger partial charge in [0.05, 0.1) is 0 Å². The highest BCUT2D eigenvalue weighted by Crippen LogP contribution is 2.18. The molecule has 0 bridgehead atoms. The zero-order chi connectivity index (χ0) is 14.0. The molecule has 2 N–H and O–H groups in total. The normalized spacial score (nSPS) is 28.2. The molecule has 1 fully saturated rings. The predicted octanol–water partition coefficient (Wildman–Crippen LogP) is 2.40. The van der Waals surface area contributed by atoms with Gasteiger partial charge >= 0.3 is 0 Å². The lowest BCUT2D eigenvalue weighted by atomic mass is 9.99. The van der Waals surface area contributed by atoms with Crippen LogP contribution in [-0.2, 0) is 0 Å². The summed E-state index contributed by atoms with van der Waals surface area (Å²) < 4.78 is 0. The van der Waals surface area contributed by atoms with E-state index in [-0.39, 0.29) is 0 Å². The third-order valence-corrected chi connectivity index (χ3v) is 4.41. The van der Waals surface area contributed by atoms with Crippen LogP contribution in [0.25, 0.3) is 0 Å². The fourth-order valence-corrected chi connectivity index (χ4v) is 3.32. The van der Waals surface area contributed by atoms with Gasteiger partial charge in [0.2, 0.25) is 0 Å². The first kappa shape index (κ1) is 16.0. The van der Waals surface area contributed by atoms with Crippen molar-refractivity contribution in [3.63, 3.8) is 0 Å². The molecule has 0 saturated carbocycles. The van der Waals surface area contributed by atoms with Crippen molar-refractivity contribution in [1.29, 1.82) is 0 Å². The molecule has 3 heteroatoms. The van der Waals surface area contributed by atoms with Crippen LogP contribution < -0.4 is 10.6 Å². The smallest absolute Gasteiger partial charge is 0.0192 e. The van der Waals surface area contributed by atoms with E-state index in [1.165, 1.54) is 64.7 Å². The summed E-state index contributed by atoms with van der Waals surface area (Å²) >= 11 is 0. The van der Waals surface area contributed by atoms with Crippen molar-refractivity contribution in [2.75, 3.05) is 45.8 Å². The number of rotatable bonds is 2. The second kappa shape index (κ2) is 9.54. The Kier molecular flexibility index (Phi) is 7.63. The molecule has 2 aliphatic rings. The summed E-state index contributed by atoms with van der Waals surface area (Å²) in [6.45, 7) is 10.7. The van der Waals surface area contributed by atoms with Gasteiger partial charge in [0.15, 0.2) is 0 Å².